The third-order valence-electron chi connectivity index (χ3n) is 3.03. The number of unbranched alkanes of at least 4 members (excludes halogenated alkanes) is 1. The molecular formula is C10H21NS. The second kappa shape index (κ2) is 4.01. The van der Waals surface area contributed by atoms with Gasteiger partial charge in [0.2, 0.25) is 0 Å². The van der Waals surface area contributed by atoms with Gasteiger partial charge in [0.25, 0.3) is 0 Å². The number of hydrogen-bond donors (Lipinski definition) is 2. The van der Waals surface area contributed by atoms with Crippen LogP contribution in [-0.4, -0.2) is 11.3 Å². The SMILES string of the molecule is CC(C)C1CC1(N)CCCCS. The van der Waals surface area contributed by atoms with Crippen molar-refractivity contribution in [1.29, 1.82) is 0 Å². The first-order valence-electron chi connectivity index (χ1n) is 5.00. The molecule has 1 fully saturated rings. The van der Waals surface area contributed by atoms with E-state index < -0.39 is 0 Å². The Morgan fingerprint density at radius 3 is 2.58 bits per heavy atom. The first kappa shape index (κ1) is 10.4. The number of hydrogen-bond acceptors (Lipinski definition) is 2. The van der Waals surface area contributed by atoms with Crippen LogP contribution in [0.1, 0.15) is 39.5 Å². The van der Waals surface area contributed by atoms with Crippen molar-refractivity contribution in [3.05, 3.63) is 0 Å². The second-order valence-electron chi connectivity index (χ2n) is 4.47. The van der Waals surface area contributed by atoms with Gasteiger partial charge in [0.1, 0.15) is 0 Å². The zero-order valence-corrected chi connectivity index (χ0v) is 9.11. The van der Waals surface area contributed by atoms with Crippen molar-refractivity contribution in [3.8, 4) is 0 Å². The fraction of sp³-hybridized carbons (Fsp3) is 1.00. The van der Waals surface area contributed by atoms with Gasteiger partial charge >= 0.3 is 0 Å². The van der Waals surface area contributed by atoms with Gasteiger partial charge in [-0.15, -0.1) is 0 Å². The lowest BCUT2D eigenvalue weighted by Crippen LogP contribution is -2.26. The molecule has 72 valence electrons. The summed E-state index contributed by atoms with van der Waals surface area (Å²) in [5.41, 5.74) is 6.41. The van der Waals surface area contributed by atoms with Gasteiger partial charge < -0.3 is 5.73 Å². The summed E-state index contributed by atoms with van der Waals surface area (Å²) in [6.07, 6.45) is 4.92. The van der Waals surface area contributed by atoms with Crippen LogP contribution in [0.4, 0.5) is 0 Å². The van der Waals surface area contributed by atoms with Crippen molar-refractivity contribution >= 4 is 12.6 Å². The van der Waals surface area contributed by atoms with Crippen LogP contribution in [0.3, 0.4) is 0 Å². The molecule has 1 aliphatic carbocycles. The average Bonchev–Trinajstić information content (AvgIpc) is 2.64. The number of thiol groups is 1. The van der Waals surface area contributed by atoms with E-state index in [1.54, 1.807) is 0 Å². The number of nitrogens with two attached hydrogens (primary N) is 1. The molecule has 1 saturated carbocycles. The lowest BCUT2D eigenvalue weighted by Gasteiger charge is -2.12. The highest BCUT2D eigenvalue weighted by atomic mass is 32.1. The zero-order valence-electron chi connectivity index (χ0n) is 8.21. The Kier molecular flexibility index (Phi) is 3.47. The minimum atomic E-state index is 0.205. The monoisotopic (exact) mass is 187 g/mol. The van der Waals surface area contributed by atoms with Crippen LogP contribution < -0.4 is 5.73 Å². The highest BCUT2D eigenvalue weighted by molar-refractivity contribution is 7.80. The first-order chi connectivity index (χ1) is 5.60. The molecule has 0 aromatic carbocycles. The molecule has 1 aliphatic rings. The minimum absolute atomic E-state index is 0.205. The lowest BCUT2D eigenvalue weighted by molar-refractivity contribution is 0.447. The third kappa shape index (κ3) is 2.40. The van der Waals surface area contributed by atoms with E-state index in [1.807, 2.05) is 0 Å². The van der Waals surface area contributed by atoms with Crippen LogP contribution in [0.2, 0.25) is 0 Å². The molecule has 2 N–H and O–H groups in total. The molecule has 0 saturated heterocycles. The Morgan fingerprint density at radius 1 is 1.50 bits per heavy atom. The predicted octanol–water partition coefficient (Wildman–Crippen LogP) is 2.46. The van der Waals surface area contributed by atoms with Crippen LogP contribution in [-0.2, 0) is 0 Å². The van der Waals surface area contributed by atoms with Gasteiger partial charge in [-0.1, -0.05) is 20.3 Å². The normalized spacial score (nSPS) is 34.2. The summed E-state index contributed by atoms with van der Waals surface area (Å²) >= 11 is 4.19. The highest BCUT2D eigenvalue weighted by Gasteiger charge is 2.51. The summed E-state index contributed by atoms with van der Waals surface area (Å²) in [6.45, 7) is 4.55. The topological polar surface area (TPSA) is 26.0 Å². The summed E-state index contributed by atoms with van der Waals surface area (Å²) < 4.78 is 0. The molecule has 12 heavy (non-hydrogen) atoms. The van der Waals surface area contributed by atoms with Crippen LogP contribution in [0.5, 0.6) is 0 Å². The van der Waals surface area contributed by atoms with E-state index in [0.29, 0.717) is 0 Å². The van der Waals surface area contributed by atoms with E-state index >= 15 is 0 Å². The summed E-state index contributed by atoms with van der Waals surface area (Å²) in [7, 11) is 0. The van der Waals surface area contributed by atoms with Crippen LogP contribution in [0.15, 0.2) is 0 Å². The van der Waals surface area contributed by atoms with E-state index in [9.17, 15) is 0 Å². The Balaban J connectivity index is 2.17. The number of rotatable bonds is 5. The second-order valence-corrected chi connectivity index (χ2v) is 4.92. The smallest absolute Gasteiger partial charge is 0.0189 e. The predicted molar refractivity (Wildman–Crippen MR) is 57.6 cm³/mol. The molecule has 1 nitrogen and oxygen atoms in total. The van der Waals surface area contributed by atoms with Crippen molar-refractivity contribution in [3.63, 3.8) is 0 Å². The Labute approximate surface area is 81.5 Å². The van der Waals surface area contributed by atoms with Gasteiger partial charge in [0, 0.05) is 5.54 Å². The standard InChI is InChI=1S/C10H21NS/c1-8(2)9-7-10(9,11)5-3-4-6-12/h8-9,12H,3-7,11H2,1-2H3. The van der Waals surface area contributed by atoms with E-state index in [4.69, 9.17) is 5.73 Å². The Bertz CT molecular complexity index is 147. The van der Waals surface area contributed by atoms with E-state index in [2.05, 4.69) is 26.5 Å². The maximum Gasteiger partial charge on any atom is 0.0189 e. The molecular weight excluding hydrogens is 166 g/mol. The average molecular weight is 187 g/mol. The molecule has 1 rings (SSSR count). The molecule has 0 heterocycles. The van der Waals surface area contributed by atoms with Gasteiger partial charge in [-0.05, 0) is 36.9 Å². The van der Waals surface area contributed by atoms with Gasteiger partial charge in [0.05, 0.1) is 0 Å². The third-order valence-corrected chi connectivity index (χ3v) is 3.35. The van der Waals surface area contributed by atoms with Gasteiger partial charge in [-0.3, -0.25) is 0 Å². The van der Waals surface area contributed by atoms with E-state index in [-0.39, 0.29) is 5.54 Å². The molecule has 0 bridgehead atoms. The summed E-state index contributed by atoms with van der Waals surface area (Å²) in [5.74, 6) is 2.56. The Morgan fingerprint density at radius 2 is 2.17 bits per heavy atom. The molecule has 0 aliphatic heterocycles. The first-order valence-corrected chi connectivity index (χ1v) is 5.63. The fourth-order valence-electron chi connectivity index (χ4n) is 2.10. The highest BCUT2D eigenvalue weighted by Crippen LogP contribution is 2.49. The Hall–Kier alpha value is 0.310. The molecule has 0 aromatic rings. The summed E-state index contributed by atoms with van der Waals surface area (Å²) in [6, 6.07) is 0. The summed E-state index contributed by atoms with van der Waals surface area (Å²) in [5, 5.41) is 0. The van der Waals surface area contributed by atoms with Crippen molar-refractivity contribution < 1.29 is 0 Å². The maximum atomic E-state index is 6.21. The largest absolute Gasteiger partial charge is 0.325 e. The van der Waals surface area contributed by atoms with Crippen LogP contribution in [0, 0.1) is 11.8 Å². The van der Waals surface area contributed by atoms with E-state index in [1.165, 1.54) is 25.7 Å². The van der Waals surface area contributed by atoms with Crippen molar-refractivity contribution in [2.24, 2.45) is 17.6 Å². The molecule has 2 heteroatoms. The maximum absolute atomic E-state index is 6.21. The van der Waals surface area contributed by atoms with Gasteiger partial charge in [-0.2, -0.15) is 12.6 Å². The molecule has 2 atom stereocenters. The summed E-state index contributed by atoms with van der Waals surface area (Å²) in [4.78, 5) is 0. The van der Waals surface area contributed by atoms with Crippen molar-refractivity contribution in [2.45, 2.75) is 45.1 Å². The van der Waals surface area contributed by atoms with Crippen LogP contribution in [0.25, 0.3) is 0 Å². The molecule has 0 aromatic heterocycles. The van der Waals surface area contributed by atoms with Gasteiger partial charge in [-0.25, -0.2) is 0 Å². The van der Waals surface area contributed by atoms with Gasteiger partial charge in [0.15, 0.2) is 0 Å². The van der Waals surface area contributed by atoms with Crippen molar-refractivity contribution in [1.82, 2.24) is 0 Å². The lowest BCUT2D eigenvalue weighted by atomic mass is 10.0. The molecule has 2 unspecified atom stereocenters. The quantitative estimate of drug-likeness (QED) is 0.502. The van der Waals surface area contributed by atoms with Crippen LogP contribution >= 0.6 is 12.6 Å². The van der Waals surface area contributed by atoms with E-state index in [0.717, 1.165) is 17.6 Å². The minimum Gasteiger partial charge on any atom is -0.325 e. The zero-order chi connectivity index (χ0) is 9.19. The molecule has 0 spiro atoms. The van der Waals surface area contributed by atoms with Crippen molar-refractivity contribution in [2.75, 3.05) is 5.75 Å². The fourth-order valence-corrected chi connectivity index (χ4v) is 2.33. The molecule has 0 amide bonds. The molecule has 0 radical (unpaired) electrons.